The van der Waals surface area contributed by atoms with Crippen LogP contribution in [0.2, 0.25) is 0 Å². The van der Waals surface area contributed by atoms with Crippen LogP contribution in [0.5, 0.6) is 5.75 Å². The van der Waals surface area contributed by atoms with Gasteiger partial charge in [0.25, 0.3) is 11.8 Å². The van der Waals surface area contributed by atoms with E-state index < -0.39 is 0 Å². The number of aryl methyl sites for hydroxylation is 1. The Morgan fingerprint density at radius 2 is 1.86 bits per heavy atom. The average Bonchev–Trinajstić information content (AvgIpc) is 2.73. The summed E-state index contributed by atoms with van der Waals surface area (Å²) in [6, 6.07) is 15.3. The molecule has 2 aromatic rings. The van der Waals surface area contributed by atoms with Crippen LogP contribution in [0.25, 0.3) is 0 Å². The lowest BCUT2D eigenvalue weighted by Crippen LogP contribution is -3.14. The van der Waals surface area contributed by atoms with Crippen LogP contribution in [0.3, 0.4) is 0 Å². The quantitative estimate of drug-likeness (QED) is 0.763. The highest BCUT2D eigenvalue weighted by Gasteiger charge is 2.26. The van der Waals surface area contributed by atoms with Gasteiger partial charge in [0.15, 0.2) is 13.1 Å². The second-order valence-electron chi connectivity index (χ2n) is 7.01. The fourth-order valence-corrected chi connectivity index (χ4v) is 3.52. The summed E-state index contributed by atoms with van der Waals surface area (Å²) in [4.78, 5) is 28.1. The molecule has 0 aromatic heterocycles. The molecule has 0 spiro atoms. The van der Waals surface area contributed by atoms with Crippen LogP contribution in [0.1, 0.15) is 18.9 Å². The Balaban J connectivity index is 1.58. The minimum atomic E-state index is -0.103. The molecule has 6 nitrogen and oxygen atoms in total. The van der Waals surface area contributed by atoms with E-state index in [4.69, 9.17) is 4.74 Å². The monoisotopic (exact) mass is 382 g/mol. The lowest BCUT2D eigenvalue weighted by atomic mass is 10.0. The molecule has 1 aliphatic heterocycles. The van der Waals surface area contributed by atoms with Crippen molar-refractivity contribution in [3.8, 4) is 5.75 Å². The zero-order chi connectivity index (χ0) is 19.9. The molecule has 6 heteroatoms. The van der Waals surface area contributed by atoms with E-state index in [9.17, 15) is 9.59 Å². The van der Waals surface area contributed by atoms with Crippen molar-refractivity contribution < 1.29 is 19.2 Å². The number of rotatable bonds is 7. The van der Waals surface area contributed by atoms with E-state index >= 15 is 0 Å². The number of amides is 2. The van der Waals surface area contributed by atoms with Crippen molar-refractivity contribution in [3.63, 3.8) is 0 Å². The van der Waals surface area contributed by atoms with Gasteiger partial charge in [0.2, 0.25) is 0 Å². The number of para-hydroxylation sites is 1. The van der Waals surface area contributed by atoms with E-state index in [0.717, 1.165) is 41.4 Å². The van der Waals surface area contributed by atoms with Crippen molar-refractivity contribution in [2.75, 3.05) is 43.5 Å². The van der Waals surface area contributed by atoms with Crippen molar-refractivity contribution in [2.24, 2.45) is 0 Å². The molecule has 2 amide bonds. The van der Waals surface area contributed by atoms with Crippen LogP contribution in [-0.2, 0) is 16.0 Å². The zero-order valence-corrected chi connectivity index (χ0v) is 16.5. The number of methoxy groups -OCH3 is 1. The predicted octanol–water partition coefficient (Wildman–Crippen LogP) is 1.52. The Morgan fingerprint density at radius 1 is 1.11 bits per heavy atom. The number of benzene rings is 2. The molecule has 0 fully saturated rings. The first kappa shape index (κ1) is 19.9. The molecule has 0 radical (unpaired) electrons. The number of likely N-dealkylation sites (N-methyl/N-ethyl adjacent to an activating group) is 1. The highest BCUT2D eigenvalue weighted by Crippen LogP contribution is 2.26. The van der Waals surface area contributed by atoms with Crippen LogP contribution >= 0.6 is 0 Å². The van der Waals surface area contributed by atoms with E-state index in [1.54, 1.807) is 31.4 Å². The second kappa shape index (κ2) is 9.37. The van der Waals surface area contributed by atoms with Crippen molar-refractivity contribution in [3.05, 3.63) is 54.1 Å². The van der Waals surface area contributed by atoms with E-state index in [1.165, 1.54) is 5.56 Å². The third-order valence-electron chi connectivity index (χ3n) is 5.10. The molecule has 0 saturated heterocycles. The van der Waals surface area contributed by atoms with E-state index in [2.05, 4.69) is 11.4 Å². The molecule has 2 aromatic carbocycles. The second-order valence-corrected chi connectivity index (χ2v) is 7.01. The first-order chi connectivity index (χ1) is 13.6. The number of hydrogen-bond acceptors (Lipinski definition) is 3. The van der Waals surface area contributed by atoms with E-state index in [-0.39, 0.29) is 18.4 Å². The molecule has 0 bridgehead atoms. The van der Waals surface area contributed by atoms with Gasteiger partial charge >= 0.3 is 0 Å². The number of anilines is 2. The number of quaternary nitrogens is 1. The predicted molar refractivity (Wildman–Crippen MR) is 110 cm³/mol. The van der Waals surface area contributed by atoms with Gasteiger partial charge < -0.3 is 19.9 Å². The smallest absolute Gasteiger partial charge is 0.282 e. The van der Waals surface area contributed by atoms with Crippen molar-refractivity contribution in [1.29, 1.82) is 0 Å². The van der Waals surface area contributed by atoms with Crippen LogP contribution in [0, 0.1) is 0 Å². The Kier molecular flexibility index (Phi) is 6.66. The molecular formula is C22H28N3O3+. The maximum Gasteiger partial charge on any atom is 0.282 e. The van der Waals surface area contributed by atoms with Crippen LogP contribution < -0.4 is 19.9 Å². The van der Waals surface area contributed by atoms with Crippen molar-refractivity contribution in [1.82, 2.24) is 0 Å². The highest BCUT2D eigenvalue weighted by molar-refractivity contribution is 5.95. The van der Waals surface area contributed by atoms with Gasteiger partial charge in [0.1, 0.15) is 5.75 Å². The third kappa shape index (κ3) is 4.89. The zero-order valence-electron chi connectivity index (χ0n) is 16.5. The maximum absolute atomic E-state index is 12.9. The molecule has 0 saturated carbocycles. The fourth-order valence-electron chi connectivity index (χ4n) is 3.52. The summed E-state index contributed by atoms with van der Waals surface area (Å²) in [6.45, 7) is 4.00. The lowest BCUT2D eigenvalue weighted by molar-refractivity contribution is -0.881. The number of fused-ring (bicyclic) bond motifs is 1. The van der Waals surface area contributed by atoms with Gasteiger partial charge in [0.05, 0.1) is 13.7 Å². The van der Waals surface area contributed by atoms with E-state index in [1.807, 2.05) is 30.0 Å². The Morgan fingerprint density at radius 3 is 2.57 bits per heavy atom. The Labute approximate surface area is 166 Å². The average molecular weight is 382 g/mol. The van der Waals surface area contributed by atoms with Crippen molar-refractivity contribution >= 4 is 23.2 Å². The van der Waals surface area contributed by atoms with Crippen LogP contribution in [0.15, 0.2) is 48.5 Å². The summed E-state index contributed by atoms with van der Waals surface area (Å²) in [5, 5.41) is 2.89. The van der Waals surface area contributed by atoms with Gasteiger partial charge in [-0.3, -0.25) is 9.59 Å². The minimum absolute atomic E-state index is 0.0706. The van der Waals surface area contributed by atoms with Crippen molar-refractivity contribution in [2.45, 2.75) is 19.8 Å². The van der Waals surface area contributed by atoms with Gasteiger partial charge in [-0.1, -0.05) is 18.2 Å². The Bertz CT molecular complexity index is 820. The number of nitrogens with one attached hydrogen (secondary N) is 2. The number of carbonyl (C=O) groups is 2. The standard InChI is InChI=1S/C22H27N3O3/c1-3-24(15-21(26)23-18-10-12-19(28-2)13-11-18)16-22(27)25-14-6-8-17-7-4-5-9-20(17)25/h4-5,7,9-13H,3,6,8,14-16H2,1-2H3,(H,23,26)/p+1. The molecule has 1 atom stereocenters. The van der Waals surface area contributed by atoms with Crippen LogP contribution in [0.4, 0.5) is 11.4 Å². The summed E-state index contributed by atoms with van der Waals surface area (Å²) in [5.74, 6) is 0.710. The summed E-state index contributed by atoms with van der Waals surface area (Å²) in [7, 11) is 1.60. The summed E-state index contributed by atoms with van der Waals surface area (Å²) in [5.41, 5.74) is 2.95. The summed E-state index contributed by atoms with van der Waals surface area (Å²) < 4.78 is 5.12. The molecule has 1 unspecified atom stereocenters. The highest BCUT2D eigenvalue weighted by atomic mass is 16.5. The topological polar surface area (TPSA) is 63.1 Å². The molecule has 1 aliphatic rings. The Hall–Kier alpha value is -2.86. The molecule has 0 aliphatic carbocycles. The minimum Gasteiger partial charge on any atom is -0.497 e. The van der Waals surface area contributed by atoms with Gasteiger partial charge in [-0.2, -0.15) is 0 Å². The van der Waals surface area contributed by atoms with Gasteiger partial charge in [0, 0.05) is 17.9 Å². The summed E-state index contributed by atoms with van der Waals surface area (Å²) >= 11 is 0. The molecule has 1 heterocycles. The lowest BCUT2D eigenvalue weighted by Gasteiger charge is -2.30. The first-order valence-corrected chi connectivity index (χ1v) is 9.76. The number of carbonyl (C=O) groups excluding carboxylic acids is 2. The number of hydrogen-bond donors (Lipinski definition) is 2. The third-order valence-corrected chi connectivity index (χ3v) is 5.10. The van der Waals surface area contributed by atoms with Crippen LogP contribution in [-0.4, -0.2) is 45.1 Å². The van der Waals surface area contributed by atoms with Gasteiger partial charge in [-0.15, -0.1) is 0 Å². The van der Waals surface area contributed by atoms with Gasteiger partial charge in [-0.25, -0.2) is 0 Å². The maximum atomic E-state index is 12.9. The molecular weight excluding hydrogens is 354 g/mol. The molecule has 3 rings (SSSR count). The molecule has 148 valence electrons. The SMILES string of the molecule is CC[NH+](CC(=O)Nc1ccc(OC)cc1)CC(=O)N1CCCc2ccccc21. The normalized spacial score (nSPS) is 14.1. The van der Waals surface area contributed by atoms with Gasteiger partial charge in [-0.05, 0) is 55.7 Å². The first-order valence-electron chi connectivity index (χ1n) is 9.76. The molecule has 28 heavy (non-hydrogen) atoms. The number of ether oxygens (including phenoxy) is 1. The largest absolute Gasteiger partial charge is 0.497 e. The fraction of sp³-hybridized carbons (Fsp3) is 0.364. The van der Waals surface area contributed by atoms with E-state index in [0.29, 0.717) is 13.1 Å². The molecule has 2 N–H and O–H groups in total. The number of nitrogens with zero attached hydrogens (tertiary/aromatic N) is 1. The summed E-state index contributed by atoms with van der Waals surface area (Å²) in [6.07, 6.45) is 1.98.